The summed E-state index contributed by atoms with van der Waals surface area (Å²) in [6.45, 7) is 6.80. The van der Waals surface area contributed by atoms with Crippen LogP contribution in [-0.2, 0) is 21.4 Å². The maximum absolute atomic E-state index is 13.2. The maximum atomic E-state index is 13.2. The van der Waals surface area contributed by atoms with Gasteiger partial charge in [0.15, 0.2) is 0 Å². The molecular formula is C23H29N5O5. The van der Waals surface area contributed by atoms with Crippen molar-refractivity contribution in [3.63, 3.8) is 0 Å². The number of nitrogens with zero attached hydrogens (tertiary/aromatic N) is 4. The molecule has 3 aliphatic heterocycles. The zero-order chi connectivity index (χ0) is 23.7. The van der Waals surface area contributed by atoms with Gasteiger partial charge in [-0.05, 0) is 45.7 Å². The minimum absolute atomic E-state index is 0.0503. The van der Waals surface area contributed by atoms with Crippen LogP contribution in [0.15, 0.2) is 23.0 Å². The predicted molar refractivity (Wildman–Crippen MR) is 121 cm³/mol. The van der Waals surface area contributed by atoms with Crippen LogP contribution in [0.1, 0.15) is 46.1 Å². The number of para-hydroxylation sites is 1. The van der Waals surface area contributed by atoms with Crippen LogP contribution in [-0.4, -0.2) is 62.7 Å². The number of likely N-dealkylation sites (tertiary alicyclic amines) is 1. The van der Waals surface area contributed by atoms with Gasteiger partial charge in [-0.1, -0.05) is 6.07 Å². The van der Waals surface area contributed by atoms with E-state index in [2.05, 4.69) is 10.2 Å². The van der Waals surface area contributed by atoms with Crippen LogP contribution in [0.3, 0.4) is 0 Å². The Kier molecular flexibility index (Phi) is 4.80. The Bertz CT molecular complexity index is 1220. The minimum atomic E-state index is -0.716. The average molecular weight is 456 g/mol. The molecule has 2 bridgehead atoms. The fourth-order valence-corrected chi connectivity index (χ4v) is 5.39. The molecule has 0 saturated carbocycles. The molecule has 3 amide bonds. The molecule has 5 rings (SSSR count). The first-order chi connectivity index (χ1) is 15.5. The second kappa shape index (κ2) is 7.36. The summed E-state index contributed by atoms with van der Waals surface area (Å²) in [5, 5.41) is 2.35. The van der Waals surface area contributed by atoms with Crippen molar-refractivity contribution in [3.05, 3.63) is 28.7 Å². The summed E-state index contributed by atoms with van der Waals surface area (Å²) in [7, 11) is 1.71. The third-order valence-electron chi connectivity index (χ3n) is 6.78. The highest BCUT2D eigenvalue weighted by atomic mass is 16.6. The highest BCUT2D eigenvalue weighted by Gasteiger charge is 2.47. The number of ether oxygens (including phenoxy) is 1. The Morgan fingerprint density at radius 2 is 1.88 bits per heavy atom. The van der Waals surface area contributed by atoms with Gasteiger partial charge in [0.05, 0.1) is 22.8 Å². The van der Waals surface area contributed by atoms with E-state index in [9.17, 15) is 19.2 Å². The summed E-state index contributed by atoms with van der Waals surface area (Å²) in [5.74, 6) is -0.757. The van der Waals surface area contributed by atoms with Crippen molar-refractivity contribution in [2.24, 2.45) is 7.05 Å². The second-order valence-corrected chi connectivity index (χ2v) is 10.2. The highest BCUT2D eigenvalue weighted by Crippen LogP contribution is 2.38. The zero-order valence-electron chi connectivity index (χ0n) is 19.3. The van der Waals surface area contributed by atoms with Crippen LogP contribution in [0.4, 0.5) is 10.5 Å². The Balaban J connectivity index is 1.47. The van der Waals surface area contributed by atoms with Crippen molar-refractivity contribution in [3.8, 4) is 0 Å². The van der Waals surface area contributed by atoms with E-state index in [1.165, 1.54) is 4.57 Å². The topological polar surface area (TPSA) is 106 Å². The molecule has 1 aromatic carbocycles. The van der Waals surface area contributed by atoms with Crippen molar-refractivity contribution in [2.75, 3.05) is 18.0 Å². The number of imidazole rings is 1. The smallest absolute Gasteiger partial charge is 0.410 e. The third kappa shape index (κ3) is 3.48. The van der Waals surface area contributed by atoms with Crippen LogP contribution in [0.2, 0.25) is 0 Å². The number of rotatable bonds is 2. The van der Waals surface area contributed by atoms with Crippen molar-refractivity contribution in [1.82, 2.24) is 19.4 Å². The number of imide groups is 1. The summed E-state index contributed by atoms with van der Waals surface area (Å²) in [6, 6.07) is 5.17. The number of piperazine rings is 1. The number of anilines is 1. The van der Waals surface area contributed by atoms with Crippen molar-refractivity contribution >= 4 is 34.6 Å². The number of nitrogens with one attached hydrogen (secondary N) is 1. The fraction of sp³-hybridized carbons (Fsp3) is 0.565. The third-order valence-corrected chi connectivity index (χ3v) is 6.78. The SMILES string of the molecule is Cn1c(=O)n(C2CCC(=O)NC2=O)c2cccc(N3C[C@H]4CC3CN4C(=O)OC(C)(C)C)c21. The summed E-state index contributed by atoms with van der Waals surface area (Å²) < 4.78 is 8.64. The molecule has 0 spiro atoms. The zero-order valence-corrected chi connectivity index (χ0v) is 19.3. The molecule has 3 aliphatic rings. The Labute approximate surface area is 191 Å². The molecule has 4 heterocycles. The molecule has 33 heavy (non-hydrogen) atoms. The van der Waals surface area contributed by atoms with Crippen molar-refractivity contribution < 1.29 is 19.1 Å². The Hall–Kier alpha value is -3.30. The molecule has 2 aromatic rings. The lowest BCUT2D eigenvalue weighted by atomic mass is 10.1. The normalized spacial score (nSPS) is 25.2. The molecule has 3 saturated heterocycles. The molecule has 10 nitrogen and oxygen atoms in total. The number of aromatic nitrogens is 2. The second-order valence-electron chi connectivity index (χ2n) is 10.2. The van der Waals surface area contributed by atoms with Crippen LogP contribution >= 0.6 is 0 Å². The monoisotopic (exact) mass is 455 g/mol. The summed E-state index contributed by atoms with van der Waals surface area (Å²) >= 11 is 0. The van der Waals surface area contributed by atoms with Gasteiger partial charge in [-0.15, -0.1) is 0 Å². The largest absolute Gasteiger partial charge is 0.444 e. The molecule has 2 unspecified atom stereocenters. The number of hydrogen-bond acceptors (Lipinski definition) is 6. The molecular weight excluding hydrogens is 426 g/mol. The summed E-state index contributed by atoms with van der Waals surface area (Å²) in [4.78, 5) is 53.9. The standard InChI is InChI=1S/C23H29N5O5/c1-23(2,3)33-22(32)27-12-13-10-14(27)11-26(13)15-6-5-7-16-19(15)25(4)21(31)28(16)17-8-9-18(29)24-20(17)30/h5-7,13-14,17H,8-12H2,1-4H3,(H,24,29,30)/t13?,14-,17?/m1/s1. The van der Waals surface area contributed by atoms with E-state index in [-0.39, 0.29) is 36.2 Å². The number of aryl methyl sites for hydroxylation is 1. The number of amides is 3. The van der Waals surface area contributed by atoms with Crippen molar-refractivity contribution in [1.29, 1.82) is 0 Å². The van der Waals surface area contributed by atoms with Gasteiger partial charge in [0.1, 0.15) is 11.6 Å². The van der Waals surface area contributed by atoms with Crippen LogP contribution in [0.25, 0.3) is 11.0 Å². The van der Waals surface area contributed by atoms with Gasteiger partial charge in [0, 0.05) is 32.6 Å². The molecule has 0 radical (unpaired) electrons. The van der Waals surface area contributed by atoms with Gasteiger partial charge in [-0.2, -0.15) is 0 Å². The predicted octanol–water partition coefficient (Wildman–Crippen LogP) is 1.52. The van der Waals surface area contributed by atoms with E-state index in [4.69, 9.17) is 4.74 Å². The molecule has 0 aliphatic carbocycles. The van der Waals surface area contributed by atoms with Crippen LogP contribution < -0.4 is 15.9 Å². The van der Waals surface area contributed by atoms with Crippen LogP contribution in [0, 0.1) is 0 Å². The van der Waals surface area contributed by atoms with E-state index in [1.807, 2.05) is 39.0 Å². The van der Waals surface area contributed by atoms with Crippen molar-refractivity contribution in [2.45, 2.75) is 63.8 Å². The molecule has 1 N–H and O–H groups in total. The molecule has 1 aromatic heterocycles. The van der Waals surface area contributed by atoms with E-state index in [0.29, 0.717) is 25.0 Å². The van der Waals surface area contributed by atoms with E-state index in [0.717, 1.165) is 17.6 Å². The number of piperidine rings is 1. The maximum Gasteiger partial charge on any atom is 0.410 e. The first-order valence-corrected chi connectivity index (χ1v) is 11.3. The fourth-order valence-electron chi connectivity index (χ4n) is 5.39. The number of benzene rings is 1. The van der Waals surface area contributed by atoms with Gasteiger partial charge in [0.25, 0.3) is 0 Å². The Morgan fingerprint density at radius 3 is 2.52 bits per heavy atom. The Morgan fingerprint density at radius 1 is 1.12 bits per heavy atom. The molecule has 10 heteroatoms. The van der Waals surface area contributed by atoms with Gasteiger partial charge < -0.3 is 14.5 Å². The minimum Gasteiger partial charge on any atom is -0.444 e. The van der Waals surface area contributed by atoms with Gasteiger partial charge in [-0.25, -0.2) is 9.59 Å². The lowest BCUT2D eigenvalue weighted by Crippen LogP contribution is -2.50. The van der Waals surface area contributed by atoms with Gasteiger partial charge in [0.2, 0.25) is 11.8 Å². The molecule has 3 atom stereocenters. The lowest BCUT2D eigenvalue weighted by molar-refractivity contribution is -0.135. The molecule has 176 valence electrons. The number of hydrogen-bond donors (Lipinski definition) is 1. The summed E-state index contributed by atoms with van der Waals surface area (Å²) in [5.41, 5.74) is 1.51. The highest BCUT2D eigenvalue weighted by molar-refractivity contribution is 6.00. The van der Waals surface area contributed by atoms with E-state index in [1.54, 1.807) is 16.5 Å². The van der Waals surface area contributed by atoms with E-state index >= 15 is 0 Å². The lowest BCUT2D eigenvalue weighted by Gasteiger charge is -2.36. The first-order valence-electron chi connectivity index (χ1n) is 11.3. The van der Waals surface area contributed by atoms with Gasteiger partial charge in [-0.3, -0.25) is 24.0 Å². The average Bonchev–Trinajstić information content (AvgIpc) is 3.40. The number of fused-ring (bicyclic) bond motifs is 3. The summed E-state index contributed by atoms with van der Waals surface area (Å²) in [6.07, 6.45) is 1.06. The molecule has 3 fully saturated rings. The number of carbonyl (C=O) groups is 3. The first kappa shape index (κ1) is 21.5. The number of carbonyl (C=O) groups excluding carboxylic acids is 3. The van der Waals surface area contributed by atoms with E-state index < -0.39 is 17.6 Å². The van der Waals surface area contributed by atoms with Gasteiger partial charge >= 0.3 is 11.8 Å². The quantitative estimate of drug-likeness (QED) is 0.689. The van der Waals surface area contributed by atoms with Crippen LogP contribution in [0.5, 0.6) is 0 Å².